The highest BCUT2D eigenvalue weighted by molar-refractivity contribution is 8.15. The van der Waals surface area contributed by atoms with Gasteiger partial charge in [-0.05, 0) is 78.2 Å². The van der Waals surface area contributed by atoms with Crippen LogP contribution in [-0.4, -0.2) is 38.6 Å². The minimum Gasteiger partial charge on any atom is -0.493 e. The summed E-state index contributed by atoms with van der Waals surface area (Å²) in [4.78, 5) is 40.2. The maximum atomic E-state index is 12.7. The van der Waals surface area contributed by atoms with Crippen LogP contribution in [-0.2, 0) is 37.5 Å². The second-order valence-electron chi connectivity index (χ2n) is 11.2. The van der Waals surface area contributed by atoms with E-state index in [2.05, 4.69) is 20.9 Å². The lowest BCUT2D eigenvalue weighted by atomic mass is 10.1. The normalized spacial score (nSPS) is 14.5. The molecular formula is C35H30F3N5O5S. The van der Waals surface area contributed by atoms with Crippen molar-refractivity contribution < 1.29 is 37.0 Å². The number of ether oxygens (including phenoxy) is 2. The van der Waals surface area contributed by atoms with Crippen molar-refractivity contribution in [1.82, 2.24) is 14.9 Å². The van der Waals surface area contributed by atoms with Gasteiger partial charge in [-0.1, -0.05) is 36.0 Å². The number of hydrogen-bond acceptors (Lipinski definition) is 7. The zero-order chi connectivity index (χ0) is 34.5. The molecule has 1 saturated heterocycles. The molecule has 0 aliphatic carbocycles. The fourth-order valence-electron chi connectivity index (χ4n) is 5.13. The summed E-state index contributed by atoms with van der Waals surface area (Å²) in [5.41, 5.74) is 3.58. The largest absolute Gasteiger partial charge is 0.493 e. The third-order valence-corrected chi connectivity index (χ3v) is 8.75. The molecule has 4 amide bonds. The third-order valence-electron chi connectivity index (χ3n) is 7.77. The molecule has 5 aromatic rings. The Labute approximate surface area is 283 Å². The Hall–Kier alpha value is -5.50. The first-order valence-corrected chi connectivity index (χ1v) is 16.0. The van der Waals surface area contributed by atoms with Crippen LogP contribution in [0.1, 0.15) is 22.5 Å². The number of fused-ring (bicyclic) bond motifs is 1. The maximum Gasteiger partial charge on any atom is 0.416 e. The van der Waals surface area contributed by atoms with Crippen LogP contribution in [0, 0.1) is 0 Å². The Morgan fingerprint density at radius 3 is 2.14 bits per heavy atom. The molecule has 49 heavy (non-hydrogen) atoms. The van der Waals surface area contributed by atoms with Gasteiger partial charge in [0, 0.05) is 30.9 Å². The number of amides is 4. The van der Waals surface area contributed by atoms with E-state index in [-0.39, 0.29) is 23.4 Å². The van der Waals surface area contributed by atoms with Gasteiger partial charge in [-0.15, -0.1) is 0 Å². The zero-order valence-electron chi connectivity index (χ0n) is 26.0. The molecule has 1 unspecified atom stereocenters. The summed E-state index contributed by atoms with van der Waals surface area (Å²) >= 11 is 1.01. The number of anilines is 2. The summed E-state index contributed by atoms with van der Waals surface area (Å²) in [6.07, 6.45) is -3.37. The van der Waals surface area contributed by atoms with Crippen molar-refractivity contribution in [3.63, 3.8) is 0 Å². The van der Waals surface area contributed by atoms with Gasteiger partial charge in [0.15, 0.2) is 0 Å². The Kier molecular flexibility index (Phi) is 9.76. The number of benzene rings is 4. The molecule has 3 N–H and O–H groups in total. The number of alkyl halides is 3. The molecule has 2 heterocycles. The average molecular weight is 690 g/mol. The first kappa shape index (κ1) is 33.4. The third kappa shape index (κ3) is 8.51. The van der Waals surface area contributed by atoms with Crippen molar-refractivity contribution in [2.75, 3.05) is 17.2 Å². The SMILES string of the molecule is Cn1c(COc2ccc(CC3SC(=O)NC3=O)cc2)nc2ccc(OCCc3ccc(NC(=O)Nc4ccc(C(F)(F)F)cc4)cc3)cc21. The van der Waals surface area contributed by atoms with Gasteiger partial charge in [-0.2, -0.15) is 13.2 Å². The molecule has 0 radical (unpaired) electrons. The predicted octanol–water partition coefficient (Wildman–Crippen LogP) is 7.33. The number of thioether (sulfide) groups is 1. The Morgan fingerprint density at radius 1 is 0.878 bits per heavy atom. The first-order chi connectivity index (χ1) is 23.5. The van der Waals surface area contributed by atoms with Crippen molar-refractivity contribution in [3.05, 3.63) is 114 Å². The molecule has 252 valence electrons. The first-order valence-electron chi connectivity index (χ1n) is 15.2. The van der Waals surface area contributed by atoms with Crippen molar-refractivity contribution in [2.24, 2.45) is 7.05 Å². The van der Waals surface area contributed by atoms with E-state index >= 15 is 0 Å². The van der Waals surface area contributed by atoms with Gasteiger partial charge >= 0.3 is 12.2 Å². The monoisotopic (exact) mass is 689 g/mol. The second-order valence-corrected chi connectivity index (χ2v) is 12.4. The molecule has 4 aromatic carbocycles. The molecule has 1 fully saturated rings. The van der Waals surface area contributed by atoms with E-state index in [4.69, 9.17) is 9.47 Å². The molecule has 1 aliphatic rings. The molecule has 1 aromatic heterocycles. The molecule has 0 bridgehead atoms. The Bertz CT molecular complexity index is 1980. The number of halogens is 3. The molecule has 0 spiro atoms. The van der Waals surface area contributed by atoms with Crippen LogP contribution in [0.3, 0.4) is 0 Å². The number of hydrogen-bond donors (Lipinski definition) is 3. The van der Waals surface area contributed by atoms with Gasteiger partial charge in [0.2, 0.25) is 5.91 Å². The van der Waals surface area contributed by atoms with Crippen LogP contribution in [0.15, 0.2) is 91.0 Å². The van der Waals surface area contributed by atoms with Crippen LogP contribution in [0.5, 0.6) is 11.5 Å². The number of rotatable bonds is 11. The molecule has 14 heteroatoms. The summed E-state index contributed by atoms with van der Waals surface area (Å²) in [6.45, 7) is 0.661. The predicted molar refractivity (Wildman–Crippen MR) is 180 cm³/mol. The number of urea groups is 1. The fraction of sp³-hybridized carbons (Fsp3) is 0.200. The average Bonchev–Trinajstić information content (AvgIpc) is 3.56. The van der Waals surface area contributed by atoms with Crippen LogP contribution < -0.4 is 25.4 Å². The number of aryl methyl sites for hydroxylation is 1. The van der Waals surface area contributed by atoms with Crippen LogP contribution in [0.2, 0.25) is 0 Å². The molecule has 10 nitrogen and oxygen atoms in total. The van der Waals surface area contributed by atoms with Gasteiger partial charge in [0.05, 0.1) is 28.5 Å². The minimum absolute atomic E-state index is 0.240. The van der Waals surface area contributed by atoms with E-state index in [1.54, 1.807) is 12.1 Å². The number of imidazole rings is 1. The quantitative estimate of drug-likeness (QED) is 0.133. The van der Waals surface area contributed by atoms with Crippen LogP contribution in [0.4, 0.5) is 34.1 Å². The standard InChI is InChI=1S/C35H30F3N5O5S/c1-43-29-19-27(14-15-28(29)41-31(43)20-48-26-12-4-22(5-13-26)18-30-32(44)42-34(46)49-30)47-17-16-21-2-8-24(9-3-21)39-33(45)40-25-10-6-23(7-11-25)35(36,37)38/h2-15,19,30H,16-18,20H2,1H3,(H2,39,40,45)(H,42,44,46). The van der Waals surface area contributed by atoms with E-state index in [0.29, 0.717) is 36.6 Å². The minimum atomic E-state index is -4.44. The maximum absolute atomic E-state index is 12.7. The van der Waals surface area contributed by atoms with Crippen LogP contribution in [0.25, 0.3) is 11.0 Å². The lowest BCUT2D eigenvalue weighted by Crippen LogP contribution is -2.25. The number of nitrogens with zero attached hydrogens (tertiary/aromatic N) is 2. The lowest BCUT2D eigenvalue weighted by molar-refractivity contribution is -0.137. The fourth-order valence-corrected chi connectivity index (χ4v) is 5.99. The van der Waals surface area contributed by atoms with E-state index in [0.717, 1.165) is 51.9 Å². The summed E-state index contributed by atoms with van der Waals surface area (Å²) < 4.78 is 52.1. The smallest absolute Gasteiger partial charge is 0.416 e. The molecule has 1 atom stereocenters. The number of imide groups is 1. The van der Waals surface area contributed by atoms with Gasteiger partial charge in [0.1, 0.15) is 23.9 Å². The van der Waals surface area contributed by atoms with E-state index in [1.165, 1.54) is 12.1 Å². The Morgan fingerprint density at radius 2 is 1.51 bits per heavy atom. The summed E-state index contributed by atoms with van der Waals surface area (Å²) in [5, 5.41) is 6.74. The number of nitrogens with one attached hydrogen (secondary N) is 3. The summed E-state index contributed by atoms with van der Waals surface area (Å²) in [7, 11) is 1.91. The zero-order valence-corrected chi connectivity index (χ0v) is 26.9. The highest BCUT2D eigenvalue weighted by Gasteiger charge is 2.31. The number of carbonyl (C=O) groups is 3. The summed E-state index contributed by atoms with van der Waals surface area (Å²) in [5.74, 6) is 1.81. The number of carbonyl (C=O) groups excluding carboxylic acids is 3. The molecule has 0 saturated carbocycles. The lowest BCUT2D eigenvalue weighted by Gasteiger charge is -2.11. The molecule has 1 aliphatic heterocycles. The van der Waals surface area contributed by atoms with E-state index in [9.17, 15) is 27.6 Å². The van der Waals surface area contributed by atoms with Gasteiger partial charge in [-0.3, -0.25) is 14.9 Å². The van der Waals surface area contributed by atoms with Gasteiger partial charge in [0.25, 0.3) is 5.24 Å². The topological polar surface area (TPSA) is 124 Å². The van der Waals surface area contributed by atoms with E-state index < -0.39 is 23.0 Å². The summed E-state index contributed by atoms with van der Waals surface area (Å²) in [6, 6.07) is 23.9. The highest BCUT2D eigenvalue weighted by atomic mass is 32.2. The van der Waals surface area contributed by atoms with Crippen molar-refractivity contribution in [3.8, 4) is 11.5 Å². The number of aromatic nitrogens is 2. The molecular weight excluding hydrogens is 659 g/mol. The molecule has 6 rings (SSSR count). The highest BCUT2D eigenvalue weighted by Crippen LogP contribution is 2.30. The Balaban J connectivity index is 0.961. The second kappa shape index (κ2) is 14.3. The van der Waals surface area contributed by atoms with Gasteiger partial charge < -0.3 is 24.7 Å². The van der Waals surface area contributed by atoms with Crippen molar-refractivity contribution in [1.29, 1.82) is 0 Å². The van der Waals surface area contributed by atoms with Crippen LogP contribution >= 0.6 is 11.8 Å². The van der Waals surface area contributed by atoms with E-state index in [1.807, 2.05) is 66.2 Å². The van der Waals surface area contributed by atoms with Crippen molar-refractivity contribution in [2.45, 2.75) is 30.9 Å². The van der Waals surface area contributed by atoms with Crippen molar-refractivity contribution >= 4 is 51.3 Å². The van der Waals surface area contributed by atoms with Gasteiger partial charge in [-0.25, -0.2) is 9.78 Å².